The molecule has 5 heteroatoms. The second kappa shape index (κ2) is 9.33. The van der Waals surface area contributed by atoms with Gasteiger partial charge in [0, 0.05) is 6.08 Å². The van der Waals surface area contributed by atoms with Crippen molar-refractivity contribution in [3.8, 4) is 0 Å². The van der Waals surface area contributed by atoms with E-state index in [0.29, 0.717) is 13.2 Å². The van der Waals surface area contributed by atoms with E-state index in [-0.39, 0.29) is 18.1 Å². The van der Waals surface area contributed by atoms with Crippen molar-refractivity contribution in [2.75, 3.05) is 13.2 Å². The maximum Gasteiger partial charge on any atom is 0.330 e. The Kier molecular flexibility index (Phi) is 6.61. The molecule has 1 fully saturated rings. The van der Waals surface area contributed by atoms with Crippen molar-refractivity contribution in [3.05, 3.63) is 83.9 Å². The number of carbonyl (C=O) groups excluding carboxylic acids is 2. The molecule has 146 valence electrons. The van der Waals surface area contributed by atoms with Crippen LogP contribution in [0.5, 0.6) is 0 Å². The third-order valence-electron chi connectivity index (χ3n) is 4.67. The first-order valence-corrected chi connectivity index (χ1v) is 9.56. The van der Waals surface area contributed by atoms with Crippen LogP contribution < -0.4 is 0 Å². The molecule has 0 N–H and O–H groups in total. The summed E-state index contributed by atoms with van der Waals surface area (Å²) in [6.07, 6.45) is 3.13. The van der Waals surface area contributed by atoms with Crippen LogP contribution in [0.2, 0.25) is 0 Å². The highest BCUT2D eigenvalue weighted by Crippen LogP contribution is 2.43. The Bertz CT molecular complexity index is 780. The van der Waals surface area contributed by atoms with E-state index < -0.39 is 12.0 Å². The number of esters is 2. The lowest BCUT2D eigenvalue weighted by atomic mass is 9.98. The van der Waals surface area contributed by atoms with E-state index in [9.17, 15) is 9.59 Å². The molecule has 5 nitrogen and oxygen atoms in total. The highest BCUT2D eigenvalue weighted by molar-refractivity contribution is 5.84. The third kappa shape index (κ3) is 4.49. The van der Waals surface area contributed by atoms with Crippen molar-refractivity contribution >= 4 is 11.9 Å². The summed E-state index contributed by atoms with van der Waals surface area (Å²) < 4.78 is 10.2. The lowest BCUT2D eigenvalue weighted by Crippen LogP contribution is -2.20. The standard InChI is InChI=1S/C23H25NO4/c1-3-27-20(25)16-15-19-22(23(26)28-4-2)24(19)21(17-11-7-5-8-12-17)18-13-9-6-10-14-18/h5-16,19,21-22H,3-4H2,1-2H3/b16-15+/t19-,22+,24?/m1/s1. The second-order valence-corrected chi connectivity index (χ2v) is 6.47. The van der Waals surface area contributed by atoms with Crippen molar-refractivity contribution in [2.24, 2.45) is 0 Å². The summed E-state index contributed by atoms with van der Waals surface area (Å²) in [6.45, 7) is 4.19. The molecular formula is C23H25NO4. The number of nitrogens with zero attached hydrogens (tertiary/aromatic N) is 1. The first-order chi connectivity index (χ1) is 13.7. The number of benzene rings is 2. The van der Waals surface area contributed by atoms with E-state index in [2.05, 4.69) is 4.90 Å². The molecule has 28 heavy (non-hydrogen) atoms. The van der Waals surface area contributed by atoms with Crippen LogP contribution in [0.15, 0.2) is 72.8 Å². The van der Waals surface area contributed by atoms with Crippen molar-refractivity contribution in [3.63, 3.8) is 0 Å². The molecule has 0 spiro atoms. The molecule has 3 atom stereocenters. The summed E-state index contributed by atoms with van der Waals surface area (Å²) in [5, 5.41) is 0. The smallest absolute Gasteiger partial charge is 0.330 e. The minimum Gasteiger partial charge on any atom is -0.465 e. The van der Waals surface area contributed by atoms with Gasteiger partial charge in [0.1, 0.15) is 6.04 Å². The van der Waals surface area contributed by atoms with Gasteiger partial charge in [-0.25, -0.2) is 4.79 Å². The van der Waals surface area contributed by atoms with Crippen LogP contribution in [0, 0.1) is 0 Å². The van der Waals surface area contributed by atoms with Gasteiger partial charge in [0.25, 0.3) is 0 Å². The normalized spacial score (nSPS) is 20.9. The van der Waals surface area contributed by atoms with Gasteiger partial charge >= 0.3 is 11.9 Å². The van der Waals surface area contributed by atoms with Gasteiger partial charge in [-0.3, -0.25) is 9.69 Å². The average molecular weight is 379 g/mol. The van der Waals surface area contributed by atoms with Crippen LogP contribution in [0.25, 0.3) is 0 Å². The van der Waals surface area contributed by atoms with Gasteiger partial charge in [-0.1, -0.05) is 66.7 Å². The quantitative estimate of drug-likeness (QED) is 0.399. The number of ether oxygens (including phenoxy) is 2. The molecule has 2 aromatic rings. The fourth-order valence-electron chi connectivity index (χ4n) is 3.47. The minimum absolute atomic E-state index is 0.117. The molecule has 0 aromatic heterocycles. The number of carbonyl (C=O) groups is 2. The topological polar surface area (TPSA) is 55.6 Å². The van der Waals surface area contributed by atoms with E-state index in [1.807, 2.05) is 60.7 Å². The molecule has 1 aliphatic heterocycles. The Morgan fingerprint density at radius 3 is 1.96 bits per heavy atom. The summed E-state index contributed by atoms with van der Waals surface area (Å²) in [4.78, 5) is 26.4. The molecule has 3 rings (SSSR count). The van der Waals surface area contributed by atoms with Gasteiger partial charge in [-0.15, -0.1) is 0 Å². The van der Waals surface area contributed by atoms with Crippen LogP contribution in [0.1, 0.15) is 31.0 Å². The monoisotopic (exact) mass is 379 g/mol. The molecule has 1 aliphatic rings. The Hall–Kier alpha value is -2.92. The Labute approximate surface area is 165 Å². The van der Waals surface area contributed by atoms with Gasteiger partial charge in [0.05, 0.1) is 25.3 Å². The molecule has 2 aromatic carbocycles. The van der Waals surface area contributed by atoms with Gasteiger partial charge in [-0.2, -0.15) is 0 Å². The van der Waals surface area contributed by atoms with Crippen LogP contribution in [-0.4, -0.2) is 42.1 Å². The van der Waals surface area contributed by atoms with Gasteiger partial charge < -0.3 is 9.47 Å². The zero-order valence-corrected chi connectivity index (χ0v) is 16.2. The molecule has 0 amide bonds. The van der Waals surface area contributed by atoms with Crippen molar-refractivity contribution in [2.45, 2.75) is 32.0 Å². The van der Waals surface area contributed by atoms with Gasteiger partial charge in [0.15, 0.2) is 0 Å². The fraction of sp³-hybridized carbons (Fsp3) is 0.304. The fourth-order valence-corrected chi connectivity index (χ4v) is 3.47. The molecule has 1 unspecified atom stereocenters. The van der Waals surface area contributed by atoms with Crippen LogP contribution >= 0.6 is 0 Å². The number of hydrogen-bond acceptors (Lipinski definition) is 5. The molecule has 0 saturated carbocycles. The van der Waals surface area contributed by atoms with Gasteiger partial charge in [-0.05, 0) is 25.0 Å². The van der Waals surface area contributed by atoms with E-state index in [4.69, 9.17) is 9.47 Å². The summed E-state index contributed by atoms with van der Waals surface area (Å²) in [7, 11) is 0. The third-order valence-corrected chi connectivity index (χ3v) is 4.67. The summed E-state index contributed by atoms with van der Waals surface area (Å²) in [5.74, 6) is -0.689. The predicted molar refractivity (Wildman–Crippen MR) is 107 cm³/mol. The Morgan fingerprint density at radius 1 is 0.929 bits per heavy atom. The molecule has 1 heterocycles. The maximum atomic E-state index is 12.5. The van der Waals surface area contributed by atoms with Crippen LogP contribution in [-0.2, 0) is 19.1 Å². The lowest BCUT2D eigenvalue weighted by molar-refractivity contribution is -0.143. The van der Waals surface area contributed by atoms with Crippen molar-refractivity contribution in [1.29, 1.82) is 0 Å². The molecule has 0 bridgehead atoms. The highest BCUT2D eigenvalue weighted by Gasteiger charge is 2.56. The summed E-state index contributed by atoms with van der Waals surface area (Å²) in [6, 6.07) is 19.3. The minimum atomic E-state index is -0.434. The molecule has 0 aliphatic carbocycles. The average Bonchev–Trinajstić information content (AvgIpc) is 3.42. The zero-order valence-electron chi connectivity index (χ0n) is 16.2. The van der Waals surface area contributed by atoms with Crippen molar-refractivity contribution in [1.82, 2.24) is 4.90 Å². The summed E-state index contributed by atoms with van der Waals surface area (Å²) in [5.41, 5.74) is 2.16. The number of rotatable bonds is 8. The second-order valence-electron chi connectivity index (χ2n) is 6.47. The van der Waals surface area contributed by atoms with Crippen LogP contribution in [0.4, 0.5) is 0 Å². The first kappa shape index (κ1) is 19.8. The van der Waals surface area contributed by atoms with E-state index in [1.165, 1.54) is 6.08 Å². The molecule has 0 radical (unpaired) electrons. The van der Waals surface area contributed by atoms with Gasteiger partial charge in [0.2, 0.25) is 0 Å². The van der Waals surface area contributed by atoms with Crippen molar-refractivity contribution < 1.29 is 19.1 Å². The van der Waals surface area contributed by atoms with Crippen LogP contribution in [0.3, 0.4) is 0 Å². The predicted octanol–water partition coefficient (Wildman–Crippen LogP) is 3.51. The summed E-state index contributed by atoms with van der Waals surface area (Å²) >= 11 is 0. The zero-order chi connectivity index (χ0) is 19.9. The highest BCUT2D eigenvalue weighted by atomic mass is 16.5. The molecular weight excluding hydrogens is 354 g/mol. The first-order valence-electron chi connectivity index (χ1n) is 9.56. The Balaban J connectivity index is 1.94. The molecule has 1 saturated heterocycles. The maximum absolute atomic E-state index is 12.5. The number of hydrogen-bond donors (Lipinski definition) is 0. The van der Waals surface area contributed by atoms with E-state index in [1.54, 1.807) is 19.9 Å². The lowest BCUT2D eigenvalue weighted by Gasteiger charge is -2.21. The van der Waals surface area contributed by atoms with E-state index >= 15 is 0 Å². The largest absolute Gasteiger partial charge is 0.465 e. The van der Waals surface area contributed by atoms with E-state index in [0.717, 1.165) is 11.1 Å². The Morgan fingerprint density at radius 2 is 1.46 bits per heavy atom. The SMILES string of the molecule is CCOC(=O)/C=C/[C@@H]1[C@@H](C(=O)OCC)N1C(c1ccccc1)c1ccccc1.